The van der Waals surface area contributed by atoms with Crippen LogP contribution in [0.4, 0.5) is 13.2 Å². The molecule has 0 aromatic heterocycles. The van der Waals surface area contributed by atoms with E-state index in [1.165, 1.54) is 0 Å². The van der Waals surface area contributed by atoms with Gasteiger partial charge in [0.2, 0.25) is 0 Å². The van der Waals surface area contributed by atoms with E-state index in [1.54, 1.807) is 0 Å². The van der Waals surface area contributed by atoms with Gasteiger partial charge in [-0.15, -0.1) is 0 Å². The molecule has 0 amide bonds. The van der Waals surface area contributed by atoms with Crippen LogP contribution in [-0.4, -0.2) is 45.2 Å². The standard InChI is InChI=1S/C12H22F3NO2/c1-2-5-16-11(8-18-9-12(13,14)15)10-4-3-6-17-7-10/h10-11,16H,2-9H2,1H3. The van der Waals surface area contributed by atoms with E-state index >= 15 is 0 Å². The van der Waals surface area contributed by atoms with E-state index in [9.17, 15) is 13.2 Å². The average molecular weight is 269 g/mol. The smallest absolute Gasteiger partial charge is 0.381 e. The van der Waals surface area contributed by atoms with Crippen LogP contribution in [0.3, 0.4) is 0 Å². The number of rotatable bonds is 7. The summed E-state index contributed by atoms with van der Waals surface area (Å²) in [6, 6.07) is -0.0485. The fourth-order valence-electron chi connectivity index (χ4n) is 2.08. The molecule has 2 unspecified atom stereocenters. The highest BCUT2D eigenvalue weighted by Crippen LogP contribution is 2.19. The Morgan fingerprint density at radius 3 is 2.78 bits per heavy atom. The van der Waals surface area contributed by atoms with Crippen molar-refractivity contribution in [2.24, 2.45) is 5.92 Å². The van der Waals surface area contributed by atoms with E-state index in [0.29, 0.717) is 6.61 Å². The molecule has 1 rings (SSSR count). The molecular weight excluding hydrogens is 247 g/mol. The van der Waals surface area contributed by atoms with Crippen LogP contribution in [0.1, 0.15) is 26.2 Å². The quantitative estimate of drug-likeness (QED) is 0.769. The Balaban J connectivity index is 2.34. The van der Waals surface area contributed by atoms with Crippen molar-refractivity contribution in [1.29, 1.82) is 0 Å². The molecule has 18 heavy (non-hydrogen) atoms. The maximum atomic E-state index is 12.0. The van der Waals surface area contributed by atoms with Gasteiger partial charge in [-0.2, -0.15) is 13.2 Å². The van der Waals surface area contributed by atoms with Gasteiger partial charge >= 0.3 is 6.18 Å². The van der Waals surface area contributed by atoms with Crippen molar-refractivity contribution in [3.8, 4) is 0 Å². The van der Waals surface area contributed by atoms with Crippen LogP contribution in [-0.2, 0) is 9.47 Å². The Labute approximate surface area is 106 Å². The maximum absolute atomic E-state index is 12.0. The third-order valence-electron chi connectivity index (χ3n) is 2.98. The molecule has 1 aliphatic rings. The van der Waals surface area contributed by atoms with Gasteiger partial charge in [-0.05, 0) is 31.7 Å². The molecule has 108 valence electrons. The fraction of sp³-hybridized carbons (Fsp3) is 1.00. The molecule has 1 heterocycles. The Kier molecular flexibility index (Phi) is 6.96. The summed E-state index contributed by atoms with van der Waals surface area (Å²) >= 11 is 0. The zero-order valence-electron chi connectivity index (χ0n) is 10.8. The van der Waals surface area contributed by atoms with Crippen molar-refractivity contribution in [3.05, 3.63) is 0 Å². The topological polar surface area (TPSA) is 30.5 Å². The van der Waals surface area contributed by atoms with E-state index in [0.717, 1.165) is 32.4 Å². The van der Waals surface area contributed by atoms with Crippen LogP contribution in [0.5, 0.6) is 0 Å². The van der Waals surface area contributed by atoms with Crippen LogP contribution in [0, 0.1) is 5.92 Å². The highest BCUT2D eigenvalue weighted by Gasteiger charge is 2.29. The number of alkyl halides is 3. The lowest BCUT2D eigenvalue weighted by atomic mass is 9.94. The van der Waals surface area contributed by atoms with Gasteiger partial charge in [-0.25, -0.2) is 0 Å². The van der Waals surface area contributed by atoms with Crippen LogP contribution < -0.4 is 5.32 Å². The Hall–Kier alpha value is -0.330. The lowest BCUT2D eigenvalue weighted by Gasteiger charge is -2.31. The molecular formula is C12H22F3NO2. The first-order valence-corrected chi connectivity index (χ1v) is 6.48. The Bertz CT molecular complexity index is 218. The second kappa shape index (κ2) is 7.96. The number of hydrogen-bond donors (Lipinski definition) is 1. The van der Waals surface area contributed by atoms with Crippen LogP contribution in [0.25, 0.3) is 0 Å². The van der Waals surface area contributed by atoms with Crippen molar-refractivity contribution < 1.29 is 22.6 Å². The van der Waals surface area contributed by atoms with Gasteiger partial charge in [-0.1, -0.05) is 6.92 Å². The molecule has 0 aliphatic carbocycles. The van der Waals surface area contributed by atoms with Crippen molar-refractivity contribution in [2.75, 3.05) is 33.0 Å². The summed E-state index contributed by atoms with van der Waals surface area (Å²) in [6.45, 7) is 3.09. The van der Waals surface area contributed by atoms with Gasteiger partial charge in [-0.3, -0.25) is 0 Å². The number of ether oxygens (including phenoxy) is 2. The Morgan fingerprint density at radius 2 is 2.22 bits per heavy atom. The summed E-state index contributed by atoms with van der Waals surface area (Å²) in [5, 5.41) is 3.25. The second-order valence-electron chi connectivity index (χ2n) is 4.67. The van der Waals surface area contributed by atoms with E-state index in [4.69, 9.17) is 9.47 Å². The molecule has 0 aromatic rings. The molecule has 2 atom stereocenters. The molecule has 0 aromatic carbocycles. The van der Waals surface area contributed by atoms with Gasteiger partial charge in [0.05, 0.1) is 13.2 Å². The normalized spacial score (nSPS) is 23.0. The lowest BCUT2D eigenvalue weighted by Crippen LogP contribution is -2.44. The number of hydrogen-bond acceptors (Lipinski definition) is 3. The van der Waals surface area contributed by atoms with Gasteiger partial charge in [0.15, 0.2) is 0 Å². The molecule has 1 fully saturated rings. The monoisotopic (exact) mass is 269 g/mol. The van der Waals surface area contributed by atoms with Gasteiger partial charge in [0.1, 0.15) is 6.61 Å². The molecule has 1 saturated heterocycles. The third-order valence-corrected chi connectivity index (χ3v) is 2.98. The summed E-state index contributed by atoms with van der Waals surface area (Å²) in [5.41, 5.74) is 0. The predicted molar refractivity (Wildman–Crippen MR) is 62.5 cm³/mol. The van der Waals surface area contributed by atoms with Crippen molar-refractivity contribution in [3.63, 3.8) is 0 Å². The maximum Gasteiger partial charge on any atom is 0.411 e. The molecule has 1 aliphatic heterocycles. The first-order chi connectivity index (χ1) is 8.53. The summed E-state index contributed by atoms with van der Waals surface area (Å²) in [7, 11) is 0. The molecule has 6 heteroatoms. The minimum Gasteiger partial charge on any atom is -0.381 e. The largest absolute Gasteiger partial charge is 0.411 e. The van der Waals surface area contributed by atoms with Gasteiger partial charge < -0.3 is 14.8 Å². The van der Waals surface area contributed by atoms with E-state index in [2.05, 4.69) is 5.32 Å². The molecule has 1 N–H and O–H groups in total. The molecule has 3 nitrogen and oxygen atoms in total. The van der Waals surface area contributed by atoms with E-state index < -0.39 is 12.8 Å². The molecule has 0 spiro atoms. The summed E-state index contributed by atoms with van der Waals surface area (Å²) in [6.07, 6.45) is -1.35. The predicted octanol–water partition coefficient (Wildman–Crippen LogP) is 2.36. The SMILES string of the molecule is CCCNC(COCC(F)(F)F)C1CCCOC1. The molecule has 0 saturated carbocycles. The van der Waals surface area contributed by atoms with Crippen LogP contribution >= 0.6 is 0 Å². The zero-order chi connectivity index (χ0) is 13.4. The highest BCUT2D eigenvalue weighted by atomic mass is 19.4. The van der Waals surface area contributed by atoms with Gasteiger partial charge in [0, 0.05) is 12.6 Å². The number of halogens is 3. The zero-order valence-corrected chi connectivity index (χ0v) is 10.8. The van der Waals surface area contributed by atoms with Crippen LogP contribution in [0.2, 0.25) is 0 Å². The average Bonchev–Trinajstić information content (AvgIpc) is 2.33. The van der Waals surface area contributed by atoms with E-state index in [1.807, 2.05) is 6.92 Å². The lowest BCUT2D eigenvalue weighted by molar-refractivity contribution is -0.176. The van der Waals surface area contributed by atoms with Crippen molar-refractivity contribution in [1.82, 2.24) is 5.32 Å². The third kappa shape index (κ3) is 6.56. The first-order valence-electron chi connectivity index (χ1n) is 6.48. The summed E-state index contributed by atoms with van der Waals surface area (Å²) in [4.78, 5) is 0. The van der Waals surface area contributed by atoms with Crippen molar-refractivity contribution in [2.45, 2.75) is 38.4 Å². The molecule has 0 bridgehead atoms. The minimum atomic E-state index is -4.25. The summed E-state index contributed by atoms with van der Waals surface area (Å²) < 4.78 is 46.2. The molecule has 0 radical (unpaired) electrons. The van der Waals surface area contributed by atoms with Crippen molar-refractivity contribution >= 4 is 0 Å². The fourth-order valence-corrected chi connectivity index (χ4v) is 2.08. The number of nitrogens with one attached hydrogen (secondary N) is 1. The summed E-state index contributed by atoms with van der Waals surface area (Å²) in [5.74, 6) is 0.249. The first kappa shape index (κ1) is 15.7. The van der Waals surface area contributed by atoms with Crippen LogP contribution in [0.15, 0.2) is 0 Å². The second-order valence-corrected chi connectivity index (χ2v) is 4.67. The minimum absolute atomic E-state index is 0.0485. The Morgan fingerprint density at radius 1 is 1.44 bits per heavy atom. The van der Waals surface area contributed by atoms with E-state index in [-0.39, 0.29) is 18.6 Å². The van der Waals surface area contributed by atoms with Gasteiger partial charge in [0.25, 0.3) is 0 Å². The highest BCUT2D eigenvalue weighted by molar-refractivity contribution is 4.78.